The number of carbonyl (C=O) groups excluding carboxylic acids is 1. The van der Waals surface area contributed by atoms with Gasteiger partial charge in [0.15, 0.2) is 0 Å². The molecule has 0 spiro atoms. The molecule has 0 radical (unpaired) electrons. The topological polar surface area (TPSA) is 75.5 Å². The van der Waals surface area contributed by atoms with Gasteiger partial charge in [0, 0.05) is 23.6 Å². The second kappa shape index (κ2) is 6.68. The minimum absolute atomic E-state index is 0.0593. The van der Waals surface area contributed by atoms with Gasteiger partial charge in [-0.3, -0.25) is 4.79 Å². The summed E-state index contributed by atoms with van der Waals surface area (Å²) >= 11 is 6.18. The number of halogens is 2. The highest BCUT2D eigenvalue weighted by Crippen LogP contribution is 2.41. The number of piperidine rings is 1. The van der Waals surface area contributed by atoms with Gasteiger partial charge in [-0.1, -0.05) is 17.7 Å². The number of methoxy groups -OCH3 is 1. The van der Waals surface area contributed by atoms with E-state index < -0.39 is 18.0 Å². The lowest BCUT2D eigenvalue weighted by molar-refractivity contribution is 0.0815. The number of likely N-dealkylation sites (tertiary alicyclic amines) is 1. The van der Waals surface area contributed by atoms with Crippen LogP contribution in [0.4, 0.5) is 9.18 Å². The number of amides is 1. The average Bonchev–Trinajstić information content (AvgIpc) is 3.00. The van der Waals surface area contributed by atoms with Gasteiger partial charge >= 0.3 is 6.09 Å². The molecule has 0 unspecified atom stereocenters. The minimum Gasteiger partial charge on any atom is -0.453 e. The van der Waals surface area contributed by atoms with Crippen molar-refractivity contribution in [1.82, 2.24) is 10.1 Å². The van der Waals surface area contributed by atoms with Crippen molar-refractivity contribution in [3.05, 3.63) is 56.8 Å². The molecule has 0 aliphatic carbocycles. The summed E-state index contributed by atoms with van der Waals surface area (Å²) in [5.74, 6) is 0.0288. The highest BCUT2D eigenvalue weighted by Gasteiger charge is 2.36. The Balaban J connectivity index is 1.95. The van der Waals surface area contributed by atoms with Crippen LogP contribution in [0.15, 0.2) is 33.6 Å². The van der Waals surface area contributed by atoms with E-state index in [-0.39, 0.29) is 16.5 Å². The summed E-state index contributed by atoms with van der Waals surface area (Å²) in [5.41, 5.74) is 0.322. The van der Waals surface area contributed by atoms with Gasteiger partial charge in [-0.05, 0) is 30.5 Å². The fourth-order valence-electron chi connectivity index (χ4n) is 3.12. The van der Waals surface area contributed by atoms with Crippen LogP contribution in [0.1, 0.15) is 36.1 Å². The molecule has 3 rings (SSSR count). The number of benzene rings is 1. The lowest BCUT2D eigenvalue weighted by atomic mass is 9.86. The Morgan fingerprint density at radius 1 is 1.46 bits per heavy atom. The van der Waals surface area contributed by atoms with Crippen LogP contribution in [0.2, 0.25) is 5.02 Å². The molecule has 1 fully saturated rings. The van der Waals surface area contributed by atoms with E-state index in [4.69, 9.17) is 20.9 Å². The summed E-state index contributed by atoms with van der Waals surface area (Å²) < 4.78 is 23.4. The number of carbonyl (C=O) groups is 1. The third-order valence-corrected chi connectivity index (χ3v) is 4.61. The highest BCUT2D eigenvalue weighted by atomic mass is 35.5. The Bertz CT molecular complexity index is 803. The van der Waals surface area contributed by atoms with Crippen LogP contribution in [0.3, 0.4) is 0 Å². The first-order valence-electron chi connectivity index (χ1n) is 7.47. The number of nitrogens with one attached hydrogen (secondary N) is 1. The molecule has 2 heterocycles. The molecule has 1 aliphatic rings. The lowest BCUT2D eigenvalue weighted by Gasteiger charge is -2.38. The fraction of sp³-hybridized carbons (Fsp3) is 0.375. The van der Waals surface area contributed by atoms with Crippen molar-refractivity contribution in [2.24, 2.45) is 0 Å². The average molecular weight is 355 g/mol. The molecule has 8 heteroatoms. The summed E-state index contributed by atoms with van der Waals surface area (Å²) in [4.78, 5) is 24.9. The first-order chi connectivity index (χ1) is 11.5. The first kappa shape index (κ1) is 16.6. The van der Waals surface area contributed by atoms with Crippen LogP contribution in [0.5, 0.6) is 0 Å². The van der Waals surface area contributed by atoms with E-state index in [0.717, 1.165) is 0 Å². The van der Waals surface area contributed by atoms with Crippen molar-refractivity contribution >= 4 is 17.7 Å². The molecule has 1 aromatic carbocycles. The first-order valence-corrected chi connectivity index (χ1v) is 7.85. The molecule has 1 saturated heterocycles. The molecule has 0 bridgehead atoms. The van der Waals surface area contributed by atoms with Crippen molar-refractivity contribution in [2.45, 2.75) is 24.8 Å². The molecule has 2 atom stereocenters. The number of aromatic amines is 1. The van der Waals surface area contributed by atoms with Crippen molar-refractivity contribution in [3.8, 4) is 0 Å². The predicted molar refractivity (Wildman–Crippen MR) is 84.6 cm³/mol. The minimum atomic E-state index is -0.477. The number of hydrogen-bond acceptors (Lipinski definition) is 4. The highest BCUT2D eigenvalue weighted by molar-refractivity contribution is 6.31. The Kier molecular flexibility index (Phi) is 4.62. The van der Waals surface area contributed by atoms with Crippen LogP contribution in [-0.4, -0.2) is 29.8 Å². The Hall–Kier alpha value is -2.28. The third-order valence-electron chi connectivity index (χ3n) is 4.28. The van der Waals surface area contributed by atoms with Crippen LogP contribution in [-0.2, 0) is 4.74 Å². The number of H-pyrrole nitrogens is 1. The van der Waals surface area contributed by atoms with E-state index in [1.807, 2.05) is 0 Å². The number of nitrogens with zero attached hydrogens (tertiary/aromatic N) is 1. The van der Waals surface area contributed by atoms with Gasteiger partial charge in [0.05, 0.1) is 13.2 Å². The molecular formula is C16H16ClFN2O4. The van der Waals surface area contributed by atoms with Crippen molar-refractivity contribution in [2.75, 3.05) is 13.7 Å². The summed E-state index contributed by atoms with van der Waals surface area (Å²) in [7, 11) is 1.31. The maximum atomic E-state index is 13.3. The van der Waals surface area contributed by atoms with Gasteiger partial charge in [-0.25, -0.2) is 9.18 Å². The van der Waals surface area contributed by atoms with E-state index >= 15 is 0 Å². The summed E-state index contributed by atoms with van der Waals surface area (Å²) in [5, 5.41) is 2.51. The smallest absolute Gasteiger partial charge is 0.409 e. The zero-order chi connectivity index (χ0) is 17.3. The Labute approximate surface area is 142 Å². The predicted octanol–water partition coefficient (Wildman–Crippen LogP) is 3.45. The number of ether oxygens (including phenoxy) is 1. The lowest BCUT2D eigenvalue weighted by Crippen LogP contribution is -2.40. The quantitative estimate of drug-likeness (QED) is 0.896. The zero-order valence-electron chi connectivity index (χ0n) is 12.9. The molecule has 1 aromatic heterocycles. The molecule has 24 heavy (non-hydrogen) atoms. The van der Waals surface area contributed by atoms with Gasteiger partial charge in [-0.15, -0.1) is 0 Å². The van der Waals surface area contributed by atoms with Crippen LogP contribution in [0.25, 0.3) is 0 Å². The van der Waals surface area contributed by atoms with Crippen molar-refractivity contribution < 1.29 is 18.4 Å². The van der Waals surface area contributed by atoms with E-state index in [1.165, 1.54) is 25.3 Å². The van der Waals surface area contributed by atoms with Gasteiger partial charge < -0.3 is 14.2 Å². The number of rotatable bonds is 2. The standard InChI is InChI=1S/C16H16ClFN2O4/c1-23-16(22)20-5-4-9(14-8-15(21)19-24-14)6-13(20)11-3-2-10(18)7-12(11)17/h2-3,7-9,13H,4-6H2,1H3,(H,19,21)/t9-,13+/m0/s1. The normalized spacial score (nSPS) is 20.9. The van der Waals surface area contributed by atoms with Gasteiger partial charge in [0.25, 0.3) is 5.56 Å². The molecule has 0 saturated carbocycles. The van der Waals surface area contributed by atoms with E-state index in [2.05, 4.69) is 5.16 Å². The van der Waals surface area contributed by atoms with Crippen molar-refractivity contribution in [3.63, 3.8) is 0 Å². The second-order valence-electron chi connectivity index (χ2n) is 5.68. The van der Waals surface area contributed by atoms with Gasteiger partial charge in [0.1, 0.15) is 11.6 Å². The molecule has 128 valence electrons. The maximum absolute atomic E-state index is 13.3. The molecule has 2 aromatic rings. The largest absolute Gasteiger partial charge is 0.453 e. The molecule has 1 aliphatic heterocycles. The molecule has 6 nitrogen and oxygen atoms in total. The molecular weight excluding hydrogens is 339 g/mol. The Morgan fingerprint density at radius 3 is 2.88 bits per heavy atom. The van der Waals surface area contributed by atoms with Crippen LogP contribution < -0.4 is 5.56 Å². The monoisotopic (exact) mass is 354 g/mol. The van der Waals surface area contributed by atoms with Gasteiger partial charge in [-0.2, -0.15) is 5.16 Å². The number of hydrogen-bond donors (Lipinski definition) is 1. The fourth-order valence-corrected chi connectivity index (χ4v) is 3.42. The summed E-state index contributed by atoms with van der Waals surface area (Å²) in [6.45, 7) is 0.407. The zero-order valence-corrected chi connectivity index (χ0v) is 13.7. The second-order valence-corrected chi connectivity index (χ2v) is 6.09. The van der Waals surface area contributed by atoms with E-state index in [9.17, 15) is 14.0 Å². The third kappa shape index (κ3) is 3.17. The van der Waals surface area contributed by atoms with Crippen LogP contribution in [0, 0.1) is 5.82 Å². The Morgan fingerprint density at radius 2 is 2.25 bits per heavy atom. The summed E-state index contributed by atoms with van der Waals surface area (Å²) in [6.07, 6.45) is 0.626. The molecule has 1 N–H and O–H groups in total. The maximum Gasteiger partial charge on any atom is 0.409 e. The number of aromatic nitrogens is 1. The molecule has 1 amide bonds. The van der Waals surface area contributed by atoms with Crippen LogP contribution >= 0.6 is 11.6 Å². The van der Waals surface area contributed by atoms with E-state index in [1.54, 1.807) is 11.0 Å². The van der Waals surface area contributed by atoms with Crippen molar-refractivity contribution in [1.29, 1.82) is 0 Å². The van der Waals surface area contributed by atoms with Gasteiger partial charge in [0.2, 0.25) is 0 Å². The van der Waals surface area contributed by atoms with E-state index in [0.29, 0.717) is 30.7 Å². The summed E-state index contributed by atoms with van der Waals surface area (Å²) in [6, 6.07) is 5.09. The SMILES string of the molecule is COC(=O)N1CC[C@H](c2cc(=O)[nH]o2)C[C@@H]1c1ccc(F)cc1Cl.